The van der Waals surface area contributed by atoms with E-state index in [4.69, 9.17) is 51.1 Å². The highest BCUT2D eigenvalue weighted by atomic mass is 16.4. The van der Waals surface area contributed by atoms with Gasteiger partial charge < -0.3 is 55.9 Å². The van der Waals surface area contributed by atoms with Gasteiger partial charge in [0.1, 0.15) is 36.6 Å². The zero-order valence-corrected chi connectivity index (χ0v) is 11.8. The van der Waals surface area contributed by atoms with Gasteiger partial charge in [-0.25, -0.2) is 4.79 Å². The van der Waals surface area contributed by atoms with Crippen LogP contribution in [0, 0.1) is 0 Å². The van der Waals surface area contributed by atoms with Crippen LogP contribution >= 0.6 is 0 Å². The number of hydrogen-bond donors (Lipinski definition) is 10. The molecule has 0 spiro atoms. The maximum Gasteiger partial charge on any atom is 0.335 e. The maximum absolute atomic E-state index is 10.1. The quantitative estimate of drug-likeness (QED) is 0.175. The number of carbonyl (C=O) groups excluding carboxylic acids is 1. The Hall–Kier alpha value is -1.22. The Kier molecular flexibility index (Phi) is 12.8. The number of aliphatic carboxylic acids is 1. The van der Waals surface area contributed by atoms with E-state index in [0.717, 1.165) is 0 Å². The summed E-state index contributed by atoms with van der Waals surface area (Å²) in [5.41, 5.74) is 0. The molecule has 7 unspecified atom stereocenters. The lowest BCUT2D eigenvalue weighted by Gasteiger charge is -2.23. The Morgan fingerprint density at radius 1 is 0.783 bits per heavy atom. The van der Waals surface area contributed by atoms with Crippen molar-refractivity contribution in [2.75, 3.05) is 13.2 Å². The number of aliphatic hydroxyl groups is 9. The molecular formula is C11H22O12. The molecule has 12 heteroatoms. The topological polar surface area (TPSA) is 236 Å². The van der Waals surface area contributed by atoms with Crippen LogP contribution in [0.4, 0.5) is 0 Å². The summed E-state index contributed by atoms with van der Waals surface area (Å²) in [7, 11) is 0. The average Bonchev–Trinajstić information content (AvgIpc) is 2.56. The first-order valence-electron chi connectivity index (χ1n) is 6.21. The molecule has 0 aromatic heterocycles. The molecule has 23 heavy (non-hydrogen) atoms. The van der Waals surface area contributed by atoms with Crippen LogP contribution < -0.4 is 0 Å². The largest absolute Gasteiger partial charge is 0.479 e. The fourth-order valence-corrected chi connectivity index (χ4v) is 1.08. The van der Waals surface area contributed by atoms with Gasteiger partial charge in [-0.2, -0.15) is 0 Å². The van der Waals surface area contributed by atoms with Crippen molar-refractivity contribution in [3.05, 3.63) is 0 Å². The SMILES string of the molecule is O=C(O)C(O)C(O)C(O)C(O)CO.O=CC(O)C(O)C(O)CO. The molecule has 0 bridgehead atoms. The molecule has 0 fully saturated rings. The van der Waals surface area contributed by atoms with Crippen LogP contribution in [0.5, 0.6) is 0 Å². The molecule has 0 heterocycles. The van der Waals surface area contributed by atoms with Gasteiger partial charge in [-0.15, -0.1) is 0 Å². The summed E-state index contributed by atoms with van der Waals surface area (Å²) in [6.07, 6.45) is -12.5. The maximum atomic E-state index is 10.1. The molecular weight excluding hydrogens is 324 g/mol. The predicted molar refractivity (Wildman–Crippen MR) is 69.9 cm³/mol. The highest BCUT2D eigenvalue weighted by Gasteiger charge is 2.33. The molecule has 12 nitrogen and oxygen atoms in total. The van der Waals surface area contributed by atoms with Gasteiger partial charge in [0, 0.05) is 0 Å². The van der Waals surface area contributed by atoms with Crippen LogP contribution in [-0.4, -0.2) is 119 Å². The fraction of sp³-hybridized carbons (Fsp3) is 0.818. The lowest BCUT2D eigenvalue weighted by atomic mass is 10.0. The molecule has 0 radical (unpaired) electrons. The molecule has 0 aliphatic heterocycles. The third kappa shape index (κ3) is 8.85. The number of hydrogen-bond acceptors (Lipinski definition) is 11. The van der Waals surface area contributed by atoms with Gasteiger partial charge in [0.15, 0.2) is 12.4 Å². The van der Waals surface area contributed by atoms with E-state index in [1.807, 2.05) is 0 Å². The van der Waals surface area contributed by atoms with E-state index in [2.05, 4.69) is 0 Å². The van der Waals surface area contributed by atoms with Crippen molar-refractivity contribution in [3.8, 4) is 0 Å². The summed E-state index contributed by atoms with van der Waals surface area (Å²) >= 11 is 0. The van der Waals surface area contributed by atoms with Crippen molar-refractivity contribution in [2.24, 2.45) is 0 Å². The Balaban J connectivity index is 0. The molecule has 10 N–H and O–H groups in total. The minimum atomic E-state index is -2.20. The Morgan fingerprint density at radius 3 is 1.48 bits per heavy atom. The monoisotopic (exact) mass is 346 g/mol. The predicted octanol–water partition coefficient (Wildman–Crippen LogP) is -6.23. The highest BCUT2D eigenvalue weighted by molar-refractivity contribution is 5.72. The molecule has 0 aliphatic rings. The van der Waals surface area contributed by atoms with E-state index >= 15 is 0 Å². The van der Waals surface area contributed by atoms with Gasteiger partial charge in [-0.1, -0.05) is 0 Å². The molecule has 0 aliphatic carbocycles. The summed E-state index contributed by atoms with van der Waals surface area (Å²) in [6, 6.07) is 0. The van der Waals surface area contributed by atoms with Crippen LogP contribution in [0.2, 0.25) is 0 Å². The van der Waals surface area contributed by atoms with Gasteiger partial charge in [-0.05, 0) is 0 Å². The average molecular weight is 346 g/mol. The summed E-state index contributed by atoms with van der Waals surface area (Å²) in [5, 5.41) is 85.9. The molecule has 138 valence electrons. The van der Waals surface area contributed by atoms with E-state index < -0.39 is 61.9 Å². The number of aldehydes is 1. The number of aliphatic hydroxyl groups excluding tert-OH is 9. The third-order valence-corrected chi connectivity index (χ3v) is 2.58. The lowest BCUT2D eigenvalue weighted by molar-refractivity contribution is -0.164. The number of carboxylic acid groups (broad SMARTS) is 1. The minimum Gasteiger partial charge on any atom is -0.479 e. The number of rotatable bonds is 9. The van der Waals surface area contributed by atoms with Crippen molar-refractivity contribution in [2.45, 2.75) is 42.7 Å². The van der Waals surface area contributed by atoms with E-state index in [9.17, 15) is 9.59 Å². The van der Waals surface area contributed by atoms with Gasteiger partial charge in [0.05, 0.1) is 13.2 Å². The lowest BCUT2D eigenvalue weighted by Crippen LogP contribution is -2.48. The summed E-state index contributed by atoms with van der Waals surface area (Å²) in [6.45, 7) is -1.53. The zero-order chi connectivity index (χ0) is 18.7. The van der Waals surface area contributed by atoms with Crippen LogP contribution in [0.25, 0.3) is 0 Å². The number of carboxylic acids is 1. The molecule has 0 aromatic rings. The summed E-state index contributed by atoms with van der Waals surface area (Å²) in [4.78, 5) is 19.9. The van der Waals surface area contributed by atoms with Crippen molar-refractivity contribution >= 4 is 12.3 Å². The molecule has 0 rings (SSSR count). The van der Waals surface area contributed by atoms with Crippen LogP contribution in [0.15, 0.2) is 0 Å². The zero-order valence-electron chi connectivity index (χ0n) is 11.8. The normalized spacial score (nSPS) is 20.0. The fourth-order valence-electron chi connectivity index (χ4n) is 1.08. The van der Waals surface area contributed by atoms with Gasteiger partial charge >= 0.3 is 5.97 Å². The number of carbonyl (C=O) groups is 2. The van der Waals surface area contributed by atoms with Crippen LogP contribution in [-0.2, 0) is 9.59 Å². The van der Waals surface area contributed by atoms with Gasteiger partial charge in [0.2, 0.25) is 0 Å². The van der Waals surface area contributed by atoms with Gasteiger partial charge in [0.25, 0.3) is 0 Å². The van der Waals surface area contributed by atoms with Gasteiger partial charge in [-0.3, -0.25) is 0 Å². The Labute approximate surface area is 130 Å². The smallest absolute Gasteiger partial charge is 0.335 e. The van der Waals surface area contributed by atoms with Crippen LogP contribution in [0.3, 0.4) is 0 Å². The molecule has 0 aromatic carbocycles. The van der Waals surface area contributed by atoms with Crippen molar-refractivity contribution in [1.82, 2.24) is 0 Å². The summed E-state index contributed by atoms with van der Waals surface area (Å²) < 4.78 is 0. The summed E-state index contributed by atoms with van der Waals surface area (Å²) in [5.74, 6) is -1.73. The first-order valence-corrected chi connectivity index (χ1v) is 6.21. The Bertz CT molecular complexity index is 337. The van der Waals surface area contributed by atoms with Crippen molar-refractivity contribution < 1.29 is 60.7 Å². The molecule has 0 amide bonds. The van der Waals surface area contributed by atoms with E-state index in [0.29, 0.717) is 0 Å². The first-order chi connectivity index (χ1) is 10.5. The van der Waals surface area contributed by atoms with E-state index in [1.54, 1.807) is 0 Å². The minimum absolute atomic E-state index is 0.0869. The highest BCUT2D eigenvalue weighted by Crippen LogP contribution is 2.04. The van der Waals surface area contributed by atoms with Crippen LogP contribution in [0.1, 0.15) is 0 Å². The van der Waals surface area contributed by atoms with E-state index in [1.165, 1.54) is 0 Å². The Morgan fingerprint density at radius 2 is 1.17 bits per heavy atom. The standard InChI is InChI=1S/C6H12O7.C5H10O5/c7-1-2(8)3(9)4(10)5(11)6(12)13;6-1-3(8)5(10)4(9)2-7/h2-5,7-11H,1H2,(H,12,13);1,3-5,7-10H,2H2. The third-order valence-electron chi connectivity index (χ3n) is 2.58. The van der Waals surface area contributed by atoms with Crippen molar-refractivity contribution in [3.63, 3.8) is 0 Å². The van der Waals surface area contributed by atoms with E-state index in [-0.39, 0.29) is 6.29 Å². The second-order valence-corrected chi connectivity index (χ2v) is 4.38. The second kappa shape index (κ2) is 12.2. The first kappa shape index (κ1) is 24.0. The van der Waals surface area contributed by atoms with Crippen molar-refractivity contribution in [1.29, 1.82) is 0 Å². The molecule has 0 saturated heterocycles. The molecule has 7 atom stereocenters. The second-order valence-electron chi connectivity index (χ2n) is 4.38. The molecule has 0 saturated carbocycles.